The molecule has 0 saturated carbocycles. The fraction of sp³-hybridized carbons (Fsp3) is 0.500. The third-order valence-corrected chi connectivity index (χ3v) is 2.48. The minimum absolute atomic E-state index is 0.914. The Labute approximate surface area is 83.4 Å². The smallest absolute Gasteiger partial charge is 0.0897 e. The molecule has 2 nitrogen and oxygen atoms in total. The predicted octanol–water partition coefficient (Wildman–Crippen LogP) is 1.95. The lowest BCUT2D eigenvalue weighted by molar-refractivity contribution is 0.707. The molecule has 3 heteroatoms. The van der Waals surface area contributed by atoms with E-state index in [4.69, 9.17) is 0 Å². The Morgan fingerprint density at radius 3 is 3.08 bits per heavy atom. The third-order valence-electron chi connectivity index (χ3n) is 1.57. The molecule has 0 spiro atoms. The van der Waals surface area contributed by atoms with E-state index < -0.39 is 0 Å². The lowest BCUT2D eigenvalue weighted by Crippen LogP contribution is -2.13. The molecule has 0 aliphatic rings. The van der Waals surface area contributed by atoms with Crippen molar-refractivity contribution in [3.8, 4) is 11.8 Å². The number of hydrogen-bond donors (Lipinski definition) is 1. The maximum absolute atomic E-state index is 4.18. The lowest BCUT2D eigenvalue weighted by Gasteiger charge is -1.97. The second-order valence-electron chi connectivity index (χ2n) is 2.70. The summed E-state index contributed by atoms with van der Waals surface area (Å²) >= 11 is 1.74. The van der Waals surface area contributed by atoms with Crippen molar-refractivity contribution in [1.29, 1.82) is 0 Å². The summed E-state index contributed by atoms with van der Waals surface area (Å²) in [7, 11) is 0. The van der Waals surface area contributed by atoms with Crippen LogP contribution in [0.3, 0.4) is 0 Å². The highest BCUT2D eigenvalue weighted by molar-refractivity contribution is 7.11. The summed E-state index contributed by atoms with van der Waals surface area (Å²) in [5, 5.41) is 4.45. The lowest BCUT2D eigenvalue weighted by atomic mass is 10.4. The molecule has 0 atom stereocenters. The van der Waals surface area contributed by atoms with Crippen molar-refractivity contribution >= 4 is 11.3 Å². The fourth-order valence-electron chi connectivity index (χ4n) is 0.975. The quantitative estimate of drug-likeness (QED) is 0.585. The average molecular weight is 194 g/mol. The summed E-state index contributed by atoms with van der Waals surface area (Å²) in [6.07, 6.45) is 2.85. The summed E-state index contributed by atoms with van der Waals surface area (Å²) in [5.74, 6) is 5.89. The molecule has 1 rings (SSSR count). The Morgan fingerprint density at radius 1 is 1.62 bits per heavy atom. The molecule has 0 aliphatic carbocycles. The molecule has 1 heterocycles. The molecular weight excluding hydrogens is 180 g/mol. The van der Waals surface area contributed by atoms with Crippen molar-refractivity contribution < 1.29 is 0 Å². The maximum Gasteiger partial charge on any atom is 0.0897 e. The van der Waals surface area contributed by atoms with E-state index in [1.165, 1.54) is 4.88 Å². The zero-order valence-electron chi connectivity index (χ0n) is 8.05. The van der Waals surface area contributed by atoms with E-state index in [0.29, 0.717) is 0 Å². The van der Waals surface area contributed by atoms with E-state index >= 15 is 0 Å². The van der Waals surface area contributed by atoms with Crippen LogP contribution < -0.4 is 5.32 Å². The van der Waals surface area contributed by atoms with Crippen LogP contribution in [0.15, 0.2) is 6.20 Å². The van der Waals surface area contributed by atoms with Crippen molar-refractivity contribution in [3.63, 3.8) is 0 Å². The summed E-state index contributed by atoms with van der Waals surface area (Å²) < 4.78 is 0. The van der Waals surface area contributed by atoms with Gasteiger partial charge in [-0.05, 0) is 13.8 Å². The number of rotatable bonds is 4. The van der Waals surface area contributed by atoms with Crippen molar-refractivity contribution in [2.45, 2.75) is 26.8 Å². The van der Waals surface area contributed by atoms with Gasteiger partial charge in [-0.1, -0.05) is 0 Å². The van der Waals surface area contributed by atoms with Gasteiger partial charge in [0, 0.05) is 30.6 Å². The molecule has 13 heavy (non-hydrogen) atoms. The minimum Gasteiger partial charge on any atom is -0.311 e. The van der Waals surface area contributed by atoms with Crippen LogP contribution in [-0.4, -0.2) is 11.5 Å². The number of aryl methyl sites for hydroxylation is 1. The Bertz CT molecular complexity index is 306. The summed E-state index contributed by atoms with van der Waals surface area (Å²) in [6, 6.07) is 0. The molecular formula is C10H14N2S. The van der Waals surface area contributed by atoms with Gasteiger partial charge in [-0.25, -0.2) is 4.98 Å². The standard InChI is InChI=1S/C10H14N2S/c1-3-4-5-6-11-7-10-8-12-9(2)13-10/h8,11H,5-7H2,1-2H3. The van der Waals surface area contributed by atoms with E-state index in [2.05, 4.69) is 22.1 Å². The van der Waals surface area contributed by atoms with Crippen LogP contribution in [0.25, 0.3) is 0 Å². The first-order valence-corrected chi connectivity index (χ1v) is 5.16. The fourth-order valence-corrected chi connectivity index (χ4v) is 1.74. The SMILES string of the molecule is CC#CCCNCc1cnc(C)s1. The largest absolute Gasteiger partial charge is 0.311 e. The van der Waals surface area contributed by atoms with Crippen LogP contribution in [0.2, 0.25) is 0 Å². The van der Waals surface area contributed by atoms with E-state index in [0.717, 1.165) is 24.5 Å². The molecule has 0 fully saturated rings. The number of nitrogens with one attached hydrogen (secondary N) is 1. The van der Waals surface area contributed by atoms with Crippen LogP contribution in [0.1, 0.15) is 23.2 Å². The van der Waals surface area contributed by atoms with Gasteiger partial charge in [0.05, 0.1) is 5.01 Å². The topological polar surface area (TPSA) is 24.9 Å². The first-order valence-electron chi connectivity index (χ1n) is 4.34. The predicted molar refractivity (Wildman–Crippen MR) is 56.6 cm³/mol. The molecule has 0 bridgehead atoms. The van der Waals surface area contributed by atoms with Gasteiger partial charge in [0.1, 0.15) is 0 Å². The van der Waals surface area contributed by atoms with Gasteiger partial charge < -0.3 is 5.32 Å². The summed E-state index contributed by atoms with van der Waals surface area (Å²) in [6.45, 7) is 5.76. The number of nitrogens with zero attached hydrogens (tertiary/aromatic N) is 1. The molecule has 0 aliphatic heterocycles. The maximum atomic E-state index is 4.18. The molecule has 0 aromatic carbocycles. The van der Waals surface area contributed by atoms with Gasteiger partial charge in [-0.3, -0.25) is 0 Å². The zero-order chi connectivity index (χ0) is 9.52. The van der Waals surface area contributed by atoms with Crippen LogP contribution in [0.4, 0.5) is 0 Å². The Morgan fingerprint density at radius 2 is 2.46 bits per heavy atom. The van der Waals surface area contributed by atoms with Gasteiger partial charge in [-0.2, -0.15) is 0 Å². The highest BCUT2D eigenvalue weighted by Gasteiger charge is 1.95. The highest BCUT2D eigenvalue weighted by atomic mass is 32.1. The van der Waals surface area contributed by atoms with E-state index in [-0.39, 0.29) is 0 Å². The molecule has 70 valence electrons. The average Bonchev–Trinajstić information content (AvgIpc) is 2.51. The van der Waals surface area contributed by atoms with Crippen LogP contribution >= 0.6 is 11.3 Å². The van der Waals surface area contributed by atoms with Crippen LogP contribution in [0.5, 0.6) is 0 Å². The zero-order valence-corrected chi connectivity index (χ0v) is 8.87. The first kappa shape index (κ1) is 10.2. The summed E-state index contributed by atoms with van der Waals surface area (Å²) in [4.78, 5) is 5.48. The van der Waals surface area contributed by atoms with E-state index in [1.807, 2.05) is 20.0 Å². The third kappa shape index (κ3) is 4.07. The first-order chi connectivity index (χ1) is 6.33. The van der Waals surface area contributed by atoms with Crippen molar-refractivity contribution in [2.75, 3.05) is 6.54 Å². The number of thiazole rings is 1. The van der Waals surface area contributed by atoms with E-state index in [1.54, 1.807) is 11.3 Å². The molecule has 1 aromatic heterocycles. The highest BCUT2D eigenvalue weighted by Crippen LogP contribution is 2.10. The molecule has 0 saturated heterocycles. The normalized spacial score (nSPS) is 9.38. The Balaban J connectivity index is 2.15. The van der Waals surface area contributed by atoms with Crippen LogP contribution in [-0.2, 0) is 6.54 Å². The molecule has 0 amide bonds. The van der Waals surface area contributed by atoms with Crippen molar-refractivity contribution in [3.05, 3.63) is 16.1 Å². The van der Waals surface area contributed by atoms with E-state index in [9.17, 15) is 0 Å². The summed E-state index contributed by atoms with van der Waals surface area (Å²) in [5.41, 5.74) is 0. The van der Waals surface area contributed by atoms with Crippen molar-refractivity contribution in [2.24, 2.45) is 0 Å². The molecule has 1 N–H and O–H groups in total. The minimum atomic E-state index is 0.914. The van der Waals surface area contributed by atoms with Gasteiger partial charge in [0.15, 0.2) is 0 Å². The van der Waals surface area contributed by atoms with Gasteiger partial charge in [0.25, 0.3) is 0 Å². The Kier molecular flexibility index (Phi) is 4.52. The van der Waals surface area contributed by atoms with Gasteiger partial charge in [0.2, 0.25) is 0 Å². The van der Waals surface area contributed by atoms with Crippen LogP contribution in [0, 0.1) is 18.8 Å². The second kappa shape index (κ2) is 5.74. The second-order valence-corrected chi connectivity index (χ2v) is 4.02. The van der Waals surface area contributed by atoms with Gasteiger partial charge >= 0.3 is 0 Å². The number of hydrogen-bond acceptors (Lipinski definition) is 3. The molecule has 0 unspecified atom stereocenters. The van der Waals surface area contributed by atoms with Gasteiger partial charge in [-0.15, -0.1) is 23.2 Å². The Hall–Kier alpha value is -0.850. The monoisotopic (exact) mass is 194 g/mol. The molecule has 1 aromatic rings. The molecule has 0 radical (unpaired) electrons. The number of aromatic nitrogens is 1. The van der Waals surface area contributed by atoms with Crippen molar-refractivity contribution in [1.82, 2.24) is 10.3 Å².